The minimum absolute atomic E-state index is 0.212. The van der Waals surface area contributed by atoms with Crippen LogP contribution in [0.2, 0.25) is 0 Å². The van der Waals surface area contributed by atoms with Gasteiger partial charge in [-0.1, -0.05) is 163 Å². The molecule has 3 heterocycles. The summed E-state index contributed by atoms with van der Waals surface area (Å²) in [6.45, 7) is 2.09. The summed E-state index contributed by atoms with van der Waals surface area (Å²) in [5.74, 6) is -1.92. The molecule has 0 saturated carbocycles. The van der Waals surface area contributed by atoms with Crippen LogP contribution in [0.4, 0.5) is 5.69 Å². The number of carbonyl (C=O) groups excluding carboxylic acids is 6. The van der Waals surface area contributed by atoms with Crippen LogP contribution in [-0.4, -0.2) is 59.3 Å². The lowest BCUT2D eigenvalue weighted by Gasteiger charge is -2.34. The van der Waals surface area contributed by atoms with Crippen LogP contribution in [-0.2, 0) is 10.8 Å². The van der Waals surface area contributed by atoms with Crippen molar-refractivity contribution in [1.82, 2.24) is 9.80 Å². The van der Waals surface area contributed by atoms with E-state index in [2.05, 4.69) is 116 Å². The van der Waals surface area contributed by atoms with Gasteiger partial charge in [0.1, 0.15) is 0 Å². The largest absolute Gasteiger partial charge is 0.277 e. The van der Waals surface area contributed by atoms with Crippen molar-refractivity contribution in [2.75, 3.05) is 19.0 Å². The van der Waals surface area contributed by atoms with E-state index in [1.807, 2.05) is 60.7 Å². The molecule has 9 aromatic carbocycles. The van der Waals surface area contributed by atoms with Gasteiger partial charge in [-0.15, -0.1) is 0 Å². The number of imide groups is 3. The molecule has 9 nitrogen and oxygen atoms in total. The van der Waals surface area contributed by atoms with E-state index in [0.717, 1.165) is 54.3 Å². The zero-order valence-corrected chi connectivity index (χ0v) is 40.4. The molecule has 9 aromatic rings. The normalized spacial score (nSPS) is 15.8. The van der Waals surface area contributed by atoms with E-state index < -0.39 is 16.7 Å². The zero-order chi connectivity index (χ0) is 50.8. The van der Waals surface area contributed by atoms with E-state index in [1.165, 1.54) is 46.8 Å². The fraction of sp³-hybridized carbons (Fsp3) is 0.0769. The second-order valence-electron chi connectivity index (χ2n) is 19.4. The number of hydrogen-bond acceptors (Lipinski definition) is 6. The SMILES string of the molecule is CN1C(=O)c2ccccc2C1=O.Cc1ccc(C2(c3ccc(N4C(=O)c5ccc(C6(c7ccc8c(c7)C(=O)N(C)C8=O)c7ccccc7-c7ccccc76)cc5C4=O)cc3)c3ccccc3-c3ccccc32)cc1. The number of hydrogen-bond donors (Lipinski definition) is 0. The number of nitrogens with zero attached hydrogens (tertiary/aromatic N) is 3. The monoisotopic (exact) mass is 961 g/mol. The highest BCUT2D eigenvalue weighted by atomic mass is 16.2. The average Bonchev–Trinajstić information content (AvgIpc) is 4.14. The van der Waals surface area contributed by atoms with E-state index >= 15 is 0 Å². The van der Waals surface area contributed by atoms with Crippen LogP contribution in [0.25, 0.3) is 22.3 Å². The van der Waals surface area contributed by atoms with Crippen LogP contribution < -0.4 is 4.90 Å². The maximum absolute atomic E-state index is 14.8. The van der Waals surface area contributed by atoms with Gasteiger partial charge in [0.25, 0.3) is 35.4 Å². The summed E-state index contributed by atoms with van der Waals surface area (Å²) in [6, 6.07) is 67.9. The van der Waals surface area contributed by atoms with Crippen molar-refractivity contribution in [3.63, 3.8) is 0 Å². The van der Waals surface area contributed by atoms with Gasteiger partial charge in [0.05, 0.1) is 49.9 Å². The lowest BCUT2D eigenvalue weighted by atomic mass is 9.67. The van der Waals surface area contributed by atoms with Crippen molar-refractivity contribution in [3.05, 3.63) is 290 Å². The Hall–Kier alpha value is -9.60. The van der Waals surface area contributed by atoms with Gasteiger partial charge in [-0.05, 0) is 122 Å². The first-order valence-corrected chi connectivity index (χ1v) is 24.4. The Balaban J connectivity index is 0.000000387. The van der Waals surface area contributed by atoms with Gasteiger partial charge >= 0.3 is 0 Å². The van der Waals surface area contributed by atoms with Gasteiger partial charge in [0.2, 0.25) is 0 Å². The summed E-state index contributed by atoms with van der Waals surface area (Å²) in [6.07, 6.45) is 0. The third-order valence-electron chi connectivity index (χ3n) is 15.8. The maximum Gasteiger partial charge on any atom is 0.266 e. The van der Waals surface area contributed by atoms with Crippen molar-refractivity contribution in [1.29, 1.82) is 0 Å². The van der Waals surface area contributed by atoms with Crippen molar-refractivity contribution in [3.8, 4) is 22.3 Å². The van der Waals surface area contributed by atoms with Crippen molar-refractivity contribution in [2.45, 2.75) is 17.8 Å². The molecule has 0 fully saturated rings. The highest BCUT2D eigenvalue weighted by Crippen LogP contribution is 2.58. The van der Waals surface area contributed by atoms with E-state index in [0.29, 0.717) is 39.1 Å². The van der Waals surface area contributed by atoms with Crippen molar-refractivity contribution in [2.24, 2.45) is 0 Å². The summed E-state index contributed by atoms with van der Waals surface area (Å²) >= 11 is 0. The number of aryl methyl sites for hydroxylation is 1. The highest BCUT2D eigenvalue weighted by Gasteiger charge is 2.50. The molecule has 354 valence electrons. The Morgan fingerprint density at radius 2 is 0.568 bits per heavy atom. The summed E-state index contributed by atoms with van der Waals surface area (Å²) < 4.78 is 0. The summed E-state index contributed by atoms with van der Waals surface area (Å²) in [7, 11) is 2.99. The Bertz CT molecular complexity index is 3860. The highest BCUT2D eigenvalue weighted by molar-refractivity contribution is 6.34. The third kappa shape index (κ3) is 5.92. The molecule has 3 aliphatic heterocycles. The summed E-state index contributed by atoms with van der Waals surface area (Å²) in [4.78, 5) is 81.9. The van der Waals surface area contributed by atoms with E-state index in [4.69, 9.17) is 0 Å². The molecule has 74 heavy (non-hydrogen) atoms. The molecule has 0 N–H and O–H groups in total. The Kier molecular flexibility index (Phi) is 9.72. The van der Waals surface area contributed by atoms with Crippen LogP contribution >= 0.6 is 0 Å². The predicted molar refractivity (Wildman–Crippen MR) is 283 cm³/mol. The number of rotatable bonds is 5. The van der Waals surface area contributed by atoms with E-state index in [9.17, 15) is 28.8 Å². The first-order valence-electron chi connectivity index (χ1n) is 24.4. The average molecular weight is 962 g/mol. The van der Waals surface area contributed by atoms with Gasteiger partial charge in [-0.25, -0.2) is 4.90 Å². The van der Waals surface area contributed by atoms with Gasteiger partial charge in [0.15, 0.2) is 0 Å². The van der Waals surface area contributed by atoms with Crippen LogP contribution in [0.5, 0.6) is 0 Å². The number of carbonyl (C=O) groups is 6. The molecular weight excluding hydrogens is 919 g/mol. The number of fused-ring (bicyclic) bond motifs is 9. The quantitative estimate of drug-likeness (QED) is 0.159. The predicted octanol–water partition coefficient (Wildman–Crippen LogP) is 11.7. The van der Waals surface area contributed by atoms with Crippen molar-refractivity contribution >= 4 is 41.1 Å². The maximum atomic E-state index is 14.8. The molecule has 9 heteroatoms. The number of amides is 6. The molecule has 0 saturated heterocycles. The third-order valence-corrected chi connectivity index (χ3v) is 15.8. The van der Waals surface area contributed by atoms with Crippen LogP contribution in [0.15, 0.2) is 206 Å². The smallest absolute Gasteiger partial charge is 0.266 e. The number of benzene rings is 9. The molecule has 0 atom stereocenters. The molecule has 0 aromatic heterocycles. The molecule has 0 radical (unpaired) electrons. The Morgan fingerprint density at radius 3 is 0.986 bits per heavy atom. The topological polar surface area (TPSA) is 112 Å². The molecule has 14 rings (SSSR count). The van der Waals surface area contributed by atoms with Crippen LogP contribution in [0.1, 0.15) is 112 Å². The zero-order valence-electron chi connectivity index (χ0n) is 40.4. The van der Waals surface area contributed by atoms with Crippen LogP contribution in [0, 0.1) is 6.92 Å². The first-order chi connectivity index (χ1) is 36.0. The molecule has 0 spiro atoms. The standard InChI is InChI=1S/C56H36N2O4.C9H7NO2/c1-33-19-21-34(22-20-33)55(47-15-7-3-11-39(47)40-12-4-8-16-48(40)55)35-23-27-38(28-24-35)58-53(61)44-30-26-37(32-46(44)54(58)62)56(36-25-29-43-45(31-36)52(60)57(2)51(43)59)49-17-9-5-13-41(49)42-14-6-10-18-50(42)56;1-10-8(11)6-4-2-3-5-7(6)9(10)12/h3-32H,1-2H3;2-5H,1H3. The molecule has 2 aliphatic carbocycles. The molecule has 6 amide bonds. The fourth-order valence-electron chi connectivity index (χ4n) is 12.3. The van der Waals surface area contributed by atoms with Crippen LogP contribution in [0.3, 0.4) is 0 Å². The molecule has 5 aliphatic rings. The second kappa shape index (κ2) is 16.2. The number of anilines is 1. The molecular formula is C65H43N3O6. The van der Waals surface area contributed by atoms with Gasteiger partial charge < -0.3 is 0 Å². The van der Waals surface area contributed by atoms with Gasteiger partial charge in [0, 0.05) is 14.1 Å². The minimum Gasteiger partial charge on any atom is -0.277 e. The lowest BCUT2D eigenvalue weighted by molar-refractivity contribution is 0.0677. The van der Waals surface area contributed by atoms with Crippen molar-refractivity contribution < 1.29 is 28.8 Å². The molecule has 0 unspecified atom stereocenters. The second-order valence-corrected chi connectivity index (χ2v) is 19.4. The Labute approximate surface area is 426 Å². The Morgan fingerprint density at radius 1 is 0.284 bits per heavy atom. The van der Waals surface area contributed by atoms with Gasteiger partial charge in [-0.2, -0.15) is 0 Å². The van der Waals surface area contributed by atoms with Gasteiger partial charge in [-0.3, -0.25) is 38.6 Å². The van der Waals surface area contributed by atoms with E-state index in [-0.39, 0.29) is 29.5 Å². The summed E-state index contributed by atoms with van der Waals surface area (Å²) in [5, 5.41) is 0. The minimum atomic E-state index is -0.974. The summed E-state index contributed by atoms with van der Waals surface area (Å²) in [5.41, 5.74) is 14.9. The lowest BCUT2D eigenvalue weighted by Crippen LogP contribution is -2.31. The first kappa shape index (κ1) is 44.3. The van der Waals surface area contributed by atoms with E-state index in [1.54, 1.807) is 36.4 Å². The molecule has 0 bridgehead atoms. The fourth-order valence-corrected chi connectivity index (χ4v) is 12.3.